The van der Waals surface area contributed by atoms with Gasteiger partial charge >= 0.3 is 0 Å². The van der Waals surface area contributed by atoms with Crippen molar-refractivity contribution in [2.45, 2.75) is 0 Å². The maximum absolute atomic E-state index is 8.78. The third-order valence-electron chi connectivity index (χ3n) is 0. The summed E-state index contributed by atoms with van der Waals surface area (Å²) < 4.78 is 0. The van der Waals surface area contributed by atoms with Crippen molar-refractivity contribution in [2.24, 2.45) is 0 Å². The molecule has 0 heterocycles. The predicted octanol–water partition coefficient (Wildman–Crippen LogP) is -0.982. The van der Waals surface area contributed by atoms with Crippen LogP contribution in [0.15, 0.2) is 0 Å². The molecule has 0 aromatic rings. The molecule has 0 fully saturated rings. The fourth-order valence-electron chi connectivity index (χ4n) is 0. The largest absolute Gasteiger partial charge is 0.584 e. The molecule has 0 aliphatic rings. The number of hydrogen-bond donors (Lipinski definition) is 0. The second-order valence-electron chi connectivity index (χ2n) is 0.372. The Balaban J connectivity index is -0.0000000450. The fourth-order valence-corrected chi connectivity index (χ4v) is 0. The van der Waals surface area contributed by atoms with E-state index >= 15 is 0 Å². The molecule has 0 aromatic heterocycles. The van der Waals surface area contributed by atoms with Crippen molar-refractivity contribution in [1.29, 1.82) is 0 Å². The first-order valence-corrected chi connectivity index (χ1v) is 0.762. The zero-order chi connectivity index (χ0) is 3.58. The summed E-state index contributed by atoms with van der Waals surface area (Å²) in [5.74, 6) is -1.33. The van der Waals surface area contributed by atoms with Gasteiger partial charge in [-0.3, -0.25) is 0 Å². The Hall–Kier alpha value is 0.444. The predicted molar refractivity (Wildman–Crippen MR) is 16.8 cm³/mol. The number of carboxylic acid groups (broad SMARTS) is 1. The SMILES string of the molecule is [CH2-]C(=O)[O-].[CH3-].[Y]. The van der Waals surface area contributed by atoms with E-state index in [1.807, 2.05) is 0 Å². The zero-order valence-corrected chi connectivity index (χ0v) is 6.44. The molecule has 0 aliphatic heterocycles. The normalized spacial score (nSPS) is 4.00. The second-order valence-corrected chi connectivity index (χ2v) is 0.372. The molecule has 0 bridgehead atoms. The third-order valence-corrected chi connectivity index (χ3v) is 0. The molecule has 0 N–H and O–H groups in total. The Kier molecular flexibility index (Phi) is 24.3. The third kappa shape index (κ3) is 267. The molecule has 0 saturated heterocycles. The van der Waals surface area contributed by atoms with Gasteiger partial charge in [-0.2, -0.15) is 0 Å². The number of aliphatic carboxylic acids is 1. The van der Waals surface area contributed by atoms with Crippen molar-refractivity contribution in [3.05, 3.63) is 14.4 Å². The van der Waals surface area contributed by atoms with Crippen LogP contribution in [0.4, 0.5) is 0 Å². The molecule has 1 radical (unpaired) electrons. The van der Waals surface area contributed by atoms with Gasteiger partial charge in [0.2, 0.25) is 0 Å². The molecule has 3 heteroatoms. The summed E-state index contributed by atoms with van der Waals surface area (Å²) in [4.78, 5) is 8.78. The van der Waals surface area contributed by atoms with Gasteiger partial charge in [-0.1, -0.05) is 0 Å². The minimum atomic E-state index is -1.33. The van der Waals surface area contributed by atoms with E-state index in [4.69, 9.17) is 9.90 Å². The summed E-state index contributed by atoms with van der Waals surface area (Å²) >= 11 is 0. The van der Waals surface area contributed by atoms with Crippen LogP contribution in [0.2, 0.25) is 0 Å². The van der Waals surface area contributed by atoms with Gasteiger partial charge in [0.25, 0.3) is 0 Å². The standard InChI is InChI=1S/C2H3O2.CH3.Y/c1-2(3)4;;/h1H2,(H,3,4);1H3;/q2*-1;/p-1. The average molecular weight is 162 g/mol. The minimum absolute atomic E-state index is 0. The fraction of sp³-hybridized carbons (Fsp3) is 0. The Bertz CT molecular complexity index is 31.8. The molecule has 0 aromatic carbocycles. The van der Waals surface area contributed by atoms with Gasteiger partial charge in [-0.15, -0.1) is 5.97 Å². The van der Waals surface area contributed by atoms with Crippen molar-refractivity contribution >= 4 is 5.97 Å². The molecule has 35 valence electrons. The van der Waals surface area contributed by atoms with Crippen LogP contribution in [0, 0.1) is 14.4 Å². The molecular formula is C3H5O2Y-3. The van der Waals surface area contributed by atoms with Crippen molar-refractivity contribution in [3.63, 3.8) is 0 Å². The van der Waals surface area contributed by atoms with Crippen LogP contribution in [0.25, 0.3) is 0 Å². The van der Waals surface area contributed by atoms with Gasteiger partial charge in [-0.05, 0) is 0 Å². The van der Waals surface area contributed by atoms with Crippen molar-refractivity contribution < 1.29 is 42.6 Å². The number of carbonyl (C=O) groups excluding carboxylic acids is 1. The van der Waals surface area contributed by atoms with Gasteiger partial charge in [-0.25, -0.2) is 0 Å². The molecule has 0 amide bonds. The smallest absolute Gasteiger partial charge is 0 e. The minimum Gasteiger partial charge on any atom is -0.584 e. The first-order valence-electron chi connectivity index (χ1n) is 0.762. The van der Waals surface area contributed by atoms with Gasteiger partial charge < -0.3 is 24.3 Å². The average Bonchev–Trinajstić information content (AvgIpc) is 0.811. The summed E-state index contributed by atoms with van der Waals surface area (Å²) in [6, 6.07) is 0. The van der Waals surface area contributed by atoms with Crippen LogP contribution in [0.1, 0.15) is 0 Å². The molecule has 0 saturated carbocycles. The first kappa shape index (κ1) is 16.1. The van der Waals surface area contributed by atoms with Gasteiger partial charge in [0.1, 0.15) is 0 Å². The van der Waals surface area contributed by atoms with E-state index in [9.17, 15) is 0 Å². The van der Waals surface area contributed by atoms with Crippen molar-refractivity contribution in [2.75, 3.05) is 0 Å². The van der Waals surface area contributed by atoms with Crippen LogP contribution in [-0.2, 0) is 37.5 Å². The Morgan fingerprint density at radius 3 is 1.67 bits per heavy atom. The van der Waals surface area contributed by atoms with E-state index in [0.717, 1.165) is 0 Å². The molecule has 0 aliphatic carbocycles. The summed E-state index contributed by atoms with van der Waals surface area (Å²) in [6.07, 6.45) is 0. The molecule has 2 nitrogen and oxygen atoms in total. The van der Waals surface area contributed by atoms with Crippen LogP contribution >= 0.6 is 0 Å². The van der Waals surface area contributed by atoms with Crippen molar-refractivity contribution in [3.8, 4) is 0 Å². The van der Waals surface area contributed by atoms with E-state index in [-0.39, 0.29) is 40.1 Å². The number of hydrogen-bond acceptors (Lipinski definition) is 2. The van der Waals surface area contributed by atoms with E-state index < -0.39 is 5.97 Å². The summed E-state index contributed by atoms with van der Waals surface area (Å²) in [5.41, 5.74) is 0. The second kappa shape index (κ2) is 9.06. The van der Waals surface area contributed by atoms with Crippen LogP contribution in [0.3, 0.4) is 0 Å². The Morgan fingerprint density at radius 1 is 1.67 bits per heavy atom. The van der Waals surface area contributed by atoms with E-state index in [1.165, 1.54) is 0 Å². The van der Waals surface area contributed by atoms with Crippen LogP contribution in [0.5, 0.6) is 0 Å². The van der Waals surface area contributed by atoms with E-state index in [2.05, 4.69) is 6.92 Å². The quantitative estimate of drug-likeness (QED) is 0.429. The number of carboxylic acids is 1. The van der Waals surface area contributed by atoms with Crippen LogP contribution < -0.4 is 5.11 Å². The van der Waals surface area contributed by atoms with Gasteiger partial charge in [0, 0.05) is 32.7 Å². The maximum Gasteiger partial charge on any atom is 0 e. The summed E-state index contributed by atoms with van der Waals surface area (Å²) in [5, 5.41) is 8.78. The Morgan fingerprint density at radius 2 is 1.67 bits per heavy atom. The van der Waals surface area contributed by atoms with Gasteiger partial charge in [0.05, 0.1) is 0 Å². The van der Waals surface area contributed by atoms with E-state index in [1.54, 1.807) is 0 Å². The molecule has 0 unspecified atom stereocenters. The summed E-state index contributed by atoms with van der Waals surface area (Å²) in [6.45, 7) is 2.44. The molecule has 6 heavy (non-hydrogen) atoms. The maximum atomic E-state index is 8.78. The van der Waals surface area contributed by atoms with E-state index in [0.29, 0.717) is 0 Å². The van der Waals surface area contributed by atoms with Crippen LogP contribution in [-0.4, -0.2) is 5.97 Å². The Labute approximate surface area is 62.8 Å². The molecule has 0 spiro atoms. The first-order chi connectivity index (χ1) is 1.73. The zero-order valence-electron chi connectivity index (χ0n) is 3.60. The summed E-state index contributed by atoms with van der Waals surface area (Å²) in [7, 11) is 0. The molecule has 0 rings (SSSR count). The monoisotopic (exact) mass is 162 g/mol. The molecular weight excluding hydrogens is 157 g/mol. The van der Waals surface area contributed by atoms with Crippen molar-refractivity contribution in [1.82, 2.24) is 0 Å². The topological polar surface area (TPSA) is 40.1 Å². The van der Waals surface area contributed by atoms with Gasteiger partial charge in [0.15, 0.2) is 0 Å². The number of carbonyl (C=O) groups is 1. The molecule has 0 atom stereocenters. The number of rotatable bonds is 0.